The van der Waals surface area contributed by atoms with E-state index in [9.17, 15) is 0 Å². The lowest BCUT2D eigenvalue weighted by Crippen LogP contribution is -2.08. The summed E-state index contributed by atoms with van der Waals surface area (Å²) in [7, 11) is 3.26. The van der Waals surface area contributed by atoms with E-state index in [2.05, 4.69) is 22.0 Å². The minimum Gasteiger partial charge on any atom is -0.352 e. The second kappa shape index (κ2) is 8.24. The van der Waals surface area contributed by atoms with Crippen molar-refractivity contribution in [2.45, 2.75) is 19.1 Å². The van der Waals surface area contributed by atoms with Crippen molar-refractivity contribution in [3.8, 4) is 0 Å². The zero-order valence-electron chi connectivity index (χ0n) is 7.05. The van der Waals surface area contributed by atoms with Crippen LogP contribution in [0, 0.1) is 0 Å². The average molecular weight is 223 g/mol. The molecule has 0 rings (SSSR count). The number of unbranched alkanes of at least 4 members (excludes halogenated alkanes) is 1. The van der Waals surface area contributed by atoms with Crippen LogP contribution in [0.1, 0.15) is 12.8 Å². The Morgan fingerprint density at radius 1 is 1.36 bits per heavy atom. The lowest BCUT2D eigenvalue weighted by atomic mass is 10.3. The fourth-order valence-electron chi connectivity index (χ4n) is 0.656. The Bertz CT molecular complexity index is 100. The molecule has 0 aliphatic rings. The summed E-state index contributed by atoms with van der Waals surface area (Å²) in [6.07, 6.45) is 6.01. The predicted octanol–water partition coefficient (Wildman–Crippen LogP) is 2.34. The molecular formula is C8H15BrO2. The third-order valence-corrected chi connectivity index (χ3v) is 1.82. The van der Waals surface area contributed by atoms with Gasteiger partial charge < -0.3 is 9.47 Å². The van der Waals surface area contributed by atoms with Gasteiger partial charge in [-0.25, -0.2) is 0 Å². The van der Waals surface area contributed by atoms with Crippen LogP contribution in [0.4, 0.5) is 0 Å². The highest BCUT2D eigenvalue weighted by atomic mass is 79.9. The van der Waals surface area contributed by atoms with E-state index < -0.39 is 0 Å². The van der Waals surface area contributed by atoms with Crippen molar-refractivity contribution in [2.24, 2.45) is 0 Å². The lowest BCUT2D eigenvalue weighted by molar-refractivity contribution is -0.0667. The zero-order valence-corrected chi connectivity index (χ0v) is 8.63. The van der Waals surface area contributed by atoms with Crippen LogP contribution in [0.25, 0.3) is 0 Å². The maximum absolute atomic E-state index is 4.96. The van der Waals surface area contributed by atoms with Crippen LogP contribution in [0.3, 0.4) is 0 Å². The van der Waals surface area contributed by atoms with Gasteiger partial charge in [0.25, 0.3) is 0 Å². The molecule has 0 amide bonds. The number of hydrogen-bond donors (Lipinski definition) is 0. The van der Waals surface area contributed by atoms with Crippen LogP contribution in [-0.2, 0) is 9.47 Å². The van der Waals surface area contributed by atoms with Gasteiger partial charge >= 0.3 is 0 Å². The SMILES string of the molecule is COC(/C=C\CCCBr)OC. The van der Waals surface area contributed by atoms with Crippen LogP contribution in [0.2, 0.25) is 0 Å². The molecule has 0 unspecified atom stereocenters. The van der Waals surface area contributed by atoms with Crippen molar-refractivity contribution in [3.05, 3.63) is 12.2 Å². The molecule has 0 saturated carbocycles. The summed E-state index contributed by atoms with van der Waals surface area (Å²) in [6, 6.07) is 0. The predicted molar refractivity (Wildman–Crippen MR) is 50.0 cm³/mol. The number of ether oxygens (including phenoxy) is 2. The molecule has 0 spiro atoms. The Kier molecular flexibility index (Phi) is 8.34. The molecule has 2 nitrogen and oxygen atoms in total. The summed E-state index contributed by atoms with van der Waals surface area (Å²) < 4.78 is 9.92. The number of methoxy groups -OCH3 is 2. The molecule has 3 heteroatoms. The number of allylic oxidation sites excluding steroid dienone is 1. The van der Waals surface area contributed by atoms with Gasteiger partial charge in [-0.2, -0.15) is 0 Å². The first-order valence-electron chi connectivity index (χ1n) is 3.63. The molecule has 0 radical (unpaired) electrons. The third-order valence-electron chi connectivity index (χ3n) is 1.26. The second-order valence-corrected chi connectivity index (χ2v) is 2.89. The van der Waals surface area contributed by atoms with Crippen LogP contribution in [0.15, 0.2) is 12.2 Å². The fraction of sp³-hybridized carbons (Fsp3) is 0.750. The van der Waals surface area contributed by atoms with Gasteiger partial charge in [0.2, 0.25) is 0 Å². The van der Waals surface area contributed by atoms with Gasteiger partial charge in [0.1, 0.15) is 0 Å². The van der Waals surface area contributed by atoms with Crippen molar-refractivity contribution in [1.29, 1.82) is 0 Å². The van der Waals surface area contributed by atoms with E-state index in [0.29, 0.717) is 0 Å². The summed E-state index contributed by atoms with van der Waals surface area (Å²) >= 11 is 3.35. The van der Waals surface area contributed by atoms with Crippen LogP contribution < -0.4 is 0 Å². The maximum Gasteiger partial charge on any atom is 0.176 e. The Balaban J connectivity index is 3.36. The molecule has 0 saturated heterocycles. The first kappa shape index (κ1) is 11.1. The summed E-state index contributed by atoms with van der Waals surface area (Å²) in [5, 5.41) is 1.04. The maximum atomic E-state index is 4.96. The Morgan fingerprint density at radius 3 is 2.45 bits per heavy atom. The Morgan fingerprint density at radius 2 is 2.00 bits per heavy atom. The van der Waals surface area contributed by atoms with E-state index >= 15 is 0 Å². The molecule has 0 fully saturated rings. The van der Waals surface area contributed by atoms with E-state index in [1.165, 1.54) is 0 Å². The number of alkyl halides is 1. The Hall–Kier alpha value is 0.140. The van der Waals surface area contributed by atoms with Gasteiger partial charge in [0, 0.05) is 19.5 Å². The number of rotatable bonds is 6. The minimum absolute atomic E-state index is 0.190. The average Bonchev–Trinajstić information content (AvgIpc) is 2.05. The van der Waals surface area contributed by atoms with Crippen LogP contribution >= 0.6 is 15.9 Å². The first-order chi connectivity index (χ1) is 5.35. The topological polar surface area (TPSA) is 18.5 Å². The van der Waals surface area contributed by atoms with Gasteiger partial charge in [0.15, 0.2) is 6.29 Å². The summed E-state index contributed by atoms with van der Waals surface area (Å²) in [5.41, 5.74) is 0. The monoisotopic (exact) mass is 222 g/mol. The zero-order chi connectivity index (χ0) is 8.53. The molecule has 66 valence electrons. The summed E-state index contributed by atoms with van der Waals surface area (Å²) in [6.45, 7) is 0. The van der Waals surface area contributed by atoms with Crippen molar-refractivity contribution < 1.29 is 9.47 Å². The van der Waals surface area contributed by atoms with E-state index in [-0.39, 0.29) is 6.29 Å². The molecule has 0 heterocycles. The molecule has 0 aromatic rings. The van der Waals surface area contributed by atoms with E-state index in [4.69, 9.17) is 9.47 Å². The van der Waals surface area contributed by atoms with Crippen molar-refractivity contribution in [2.75, 3.05) is 19.5 Å². The molecule has 11 heavy (non-hydrogen) atoms. The quantitative estimate of drug-likeness (QED) is 0.298. The lowest BCUT2D eigenvalue weighted by Gasteiger charge is -2.06. The minimum atomic E-state index is -0.190. The van der Waals surface area contributed by atoms with Crippen LogP contribution in [0.5, 0.6) is 0 Å². The number of hydrogen-bond acceptors (Lipinski definition) is 2. The normalized spacial score (nSPS) is 11.6. The van der Waals surface area contributed by atoms with Gasteiger partial charge in [-0.3, -0.25) is 0 Å². The molecule has 0 aromatic heterocycles. The fourth-order valence-corrected chi connectivity index (χ4v) is 0.979. The van der Waals surface area contributed by atoms with E-state index in [0.717, 1.165) is 18.2 Å². The number of halogens is 1. The Labute approximate surface area is 76.7 Å². The molecule has 0 aliphatic heterocycles. The van der Waals surface area contributed by atoms with Crippen molar-refractivity contribution >= 4 is 15.9 Å². The molecule has 0 N–H and O–H groups in total. The summed E-state index contributed by atoms with van der Waals surface area (Å²) in [5.74, 6) is 0. The second-order valence-electron chi connectivity index (χ2n) is 2.10. The first-order valence-corrected chi connectivity index (χ1v) is 4.75. The van der Waals surface area contributed by atoms with Crippen LogP contribution in [-0.4, -0.2) is 25.8 Å². The largest absolute Gasteiger partial charge is 0.352 e. The standard InChI is InChI=1S/C8H15BrO2/c1-10-8(11-2)6-4-3-5-7-9/h4,6,8H,3,5,7H2,1-2H3/b6-4-. The highest BCUT2D eigenvalue weighted by Crippen LogP contribution is 1.98. The summed E-state index contributed by atoms with van der Waals surface area (Å²) in [4.78, 5) is 0. The van der Waals surface area contributed by atoms with Gasteiger partial charge in [-0.05, 0) is 18.9 Å². The van der Waals surface area contributed by atoms with Gasteiger partial charge in [-0.15, -0.1) is 0 Å². The van der Waals surface area contributed by atoms with Gasteiger partial charge in [0.05, 0.1) is 0 Å². The molecule has 0 atom stereocenters. The van der Waals surface area contributed by atoms with Gasteiger partial charge in [-0.1, -0.05) is 22.0 Å². The van der Waals surface area contributed by atoms with E-state index in [1.807, 2.05) is 6.08 Å². The van der Waals surface area contributed by atoms with Crippen molar-refractivity contribution in [1.82, 2.24) is 0 Å². The molecule has 0 aliphatic carbocycles. The highest BCUT2D eigenvalue weighted by Gasteiger charge is 1.95. The van der Waals surface area contributed by atoms with E-state index in [1.54, 1.807) is 14.2 Å². The third kappa shape index (κ3) is 6.53. The highest BCUT2D eigenvalue weighted by molar-refractivity contribution is 9.09. The molecule has 0 aromatic carbocycles. The molecular weight excluding hydrogens is 208 g/mol. The van der Waals surface area contributed by atoms with Crippen molar-refractivity contribution in [3.63, 3.8) is 0 Å². The smallest absolute Gasteiger partial charge is 0.176 e. The molecule has 0 bridgehead atoms.